The number of sulfonamides is 3. The fraction of sp³-hybridized carbons (Fsp3) is 0.427. The van der Waals surface area contributed by atoms with E-state index in [1.807, 2.05) is 36.2 Å². The predicted octanol–water partition coefficient (Wildman–Crippen LogP) is 10.3. The first kappa shape index (κ1) is 89.9. The van der Waals surface area contributed by atoms with Crippen LogP contribution in [-0.4, -0.2) is 263 Å². The second-order valence-corrected chi connectivity index (χ2v) is 38.4. The highest BCUT2D eigenvalue weighted by molar-refractivity contribution is 7.89. The maximum absolute atomic E-state index is 13.9. The maximum Gasteiger partial charge on any atom is 0.410 e. The van der Waals surface area contributed by atoms with E-state index in [1.165, 1.54) is 59.1 Å². The minimum atomic E-state index is -3.78. The van der Waals surface area contributed by atoms with Crippen molar-refractivity contribution in [3.05, 3.63) is 193 Å². The van der Waals surface area contributed by atoms with Gasteiger partial charge in [0.2, 0.25) is 41.9 Å². The minimum absolute atomic E-state index is 0. The monoisotopic (exact) mass is 1760 g/mol. The molecular weight excluding hydrogens is 1670 g/mol. The number of hydrogen-bond donors (Lipinski definition) is 3. The molecule has 0 spiro atoms. The van der Waals surface area contributed by atoms with Gasteiger partial charge in [-0.15, -0.1) is 12.4 Å². The van der Waals surface area contributed by atoms with E-state index in [2.05, 4.69) is 10.6 Å². The Morgan fingerprint density at radius 1 is 0.441 bits per heavy atom. The topological polar surface area (TPSA) is 329 Å². The molecule has 36 heteroatoms. The Morgan fingerprint density at radius 2 is 0.737 bits per heavy atom. The summed E-state index contributed by atoms with van der Waals surface area (Å²) in [7, 11) is -6.04. The predicted molar refractivity (Wildman–Crippen MR) is 445 cm³/mol. The van der Waals surface area contributed by atoms with Crippen LogP contribution in [0, 0.1) is 0 Å². The first-order chi connectivity index (χ1) is 55.4. The van der Waals surface area contributed by atoms with Gasteiger partial charge in [0.1, 0.15) is 50.8 Å². The highest BCUT2D eigenvalue weighted by Crippen LogP contribution is 2.41. The Kier molecular flexibility index (Phi) is 28.8. The van der Waals surface area contributed by atoms with Crippen LogP contribution in [0.4, 0.5) is 9.59 Å². The summed E-state index contributed by atoms with van der Waals surface area (Å²) in [5.41, 5.74) is 7.00. The van der Waals surface area contributed by atoms with Crippen LogP contribution in [0.15, 0.2) is 176 Å². The molecule has 9 aliphatic rings. The first-order valence-corrected chi connectivity index (χ1v) is 43.5. The molecule has 6 aromatic carbocycles. The van der Waals surface area contributed by atoms with Crippen LogP contribution in [0.3, 0.4) is 0 Å². The number of halogens is 4. The van der Waals surface area contributed by atoms with Gasteiger partial charge in [-0.3, -0.25) is 14.4 Å². The van der Waals surface area contributed by atoms with Crippen LogP contribution >= 0.6 is 47.2 Å². The number of rotatable bonds is 18. The third-order valence-electron chi connectivity index (χ3n) is 20.4. The summed E-state index contributed by atoms with van der Waals surface area (Å²) in [6, 6.07) is 35.2. The summed E-state index contributed by atoms with van der Waals surface area (Å²) in [6.45, 7) is 18.8. The zero-order valence-electron chi connectivity index (χ0n) is 66.8. The van der Waals surface area contributed by atoms with Crippen molar-refractivity contribution in [2.24, 2.45) is 0 Å². The van der Waals surface area contributed by atoms with Crippen molar-refractivity contribution in [1.82, 2.24) is 43.1 Å². The van der Waals surface area contributed by atoms with E-state index in [9.17, 15) is 54.3 Å². The molecule has 0 saturated heterocycles. The zero-order chi connectivity index (χ0) is 84.1. The van der Waals surface area contributed by atoms with E-state index in [4.69, 9.17) is 72.7 Å². The quantitative estimate of drug-likeness (QED) is 0.0673. The normalized spacial score (nSPS) is 17.7. The molecule has 118 heavy (non-hydrogen) atoms. The van der Waals surface area contributed by atoms with Crippen molar-refractivity contribution < 1.29 is 92.2 Å². The molecule has 0 aliphatic carbocycles. The van der Waals surface area contributed by atoms with E-state index >= 15 is 0 Å². The van der Waals surface area contributed by atoms with Gasteiger partial charge in [0.05, 0.1) is 32.4 Å². The number of likely N-dealkylation sites (N-methyl/N-ethyl adjacent to an activating group) is 3. The second kappa shape index (κ2) is 37.8. The SMILES string of the molecule is CN(C[C@@H](C(=O)N1CC2=C(C1)CN(S(=O)(=O)c1ccc3c(c1)OCCO3)C2)c1cccc(Cl)c1)C(=O)OC(C)(C)C.CN(C[C@H](C(=O)O)c1cccc(Cl)c1)C(=O)OC(C)(C)C.CNC[C@@H](C(=O)N1CC2=C(C1)CN(S(=O)(=O)c1ccc3c(c1)OCCO3)C2)c1cccc(Cl)c1.Cl.O=S(=O)(c1ccc2c(c1)OCCO2)N1CC2=C(CNC2)C1. The standard InChI is InChI=1S/C29H34ClN3O7S.C24H26ClN3O5S.C15H20ClNO4.C14H16N2O4S.ClH/c1-29(2,3)40-28(35)31(4)18-24(19-6-5-7-22(30)12-19)27(34)32-14-20-16-33(17-21(20)15-32)41(36,37)23-8-9-25-26(13-23)39-11-10-38-25;1-26-11-21(16-3-2-4-19(25)9-16)24(29)27-12-17-14-28(15-18(17)13-27)34(30,31)20-5-6-22-23(10-20)33-8-7-32-22;1-15(2,3)21-14(20)17(4)9-12(13(18)19)10-6-5-7-11(16)8-10;17-21(18,16-8-10-6-15-7-11(10)9-16)12-1-2-13-14(5-12)20-4-3-19-13;/h5-9,12-13,24H,10-11,14-18H2,1-4H3;2-6,9-10,21,26H,7-8,11-15H2,1H3;5-8,12H,9H2,1-4H3,(H,18,19);1-2,5,15H,3-4,6-9H2;1H/t24-;21-;12-;;/m110../s1. The molecule has 0 fully saturated rings. The summed E-state index contributed by atoms with van der Waals surface area (Å²) in [5.74, 6) is -0.0348. The Balaban J connectivity index is 0.000000160. The van der Waals surface area contributed by atoms with E-state index < -0.39 is 71.3 Å². The number of nitrogens with one attached hydrogen (secondary N) is 2. The zero-order valence-corrected chi connectivity index (χ0v) is 72.3. The fourth-order valence-corrected chi connectivity index (χ4v) is 19.5. The molecule has 0 unspecified atom stereocenters. The molecule has 636 valence electrons. The molecule has 15 rings (SSSR count). The van der Waals surface area contributed by atoms with Gasteiger partial charge >= 0.3 is 18.2 Å². The molecule has 9 heterocycles. The number of amides is 4. The molecule has 3 N–H and O–H groups in total. The minimum Gasteiger partial charge on any atom is -0.486 e. The summed E-state index contributed by atoms with van der Waals surface area (Å²) in [5, 5.41) is 17.2. The lowest BCUT2D eigenvalue weighted by Crippen LogP contribution is -2.43. The molecule has 4 amide bonds. The van der Waals surface area contributed by atoms with Crippen molar-refractivity contribution in [2.75, 3.05) is 159 Å². The highest BCUT2D eigenvalue weighted by atomic mass is 35.5. The van der Waals surface area contributed by atoms with Crippen LogP contribution < -0.4 is 39.1 Å². The lowest BCUT2D eigenvalue weighted by atomic mass is 9.97. The van der Waals surface area contributed by atoms with E-state index in [0.29, 0.717) is 146 Å². The fourth-order valence-electron chi connectivity index (χ4n) is 14.5. The Labute approximate surface area is 709 Å². The van der Waals surface area contributed by atoms with Gasteiger partial charge in [0.25, 0.3) is 0 Å². The van der Waals surface area contributed by atoms with Crippen molar-refractivity contribution >= 4 is 107 Å². The second-order valence-electron chi connectivity index (χ2n) is 31.3. The molecule has 0 radical (unpaired) electrons. The molecule has 29 nitrogen and oxygen atoms in total. The van der Waals surface area contributed by atoms with Crippen LogP contribution in [0.5, 0.6) is 34.5 Å². The van der Waals surface area contributed by atoms with Crippen LogP contribution in [-0.2, 0) is 53.9 Å². The molecule has 0 saturated carbocycles. The summed E-state index contributed by atoms with van der Waals surface area (Å²) in [4.78, 5) is 70.0. The lowest BCUT2D eigenvalue weighted by molar-refractivity contribution is -0.139. The van der Waals surface area contributed by atoms with Crippen molar-refractivity contribution in [2.45, 2.75) is 85.2 Å². The third kappa shape index (κ3) is 21.6. The van der Waals surface area contributed by atoms with E-state index in [1.54, 1.807) is 138 Å². The van der Waals surface area contributed by atoms with Gasteiger partial charge in [-0.1, -0.05) is 71.2 Å². The number of carboxylic acids is 1. The number of benzene rings is 6. The molecule has 6 aromatic rings. The van der Waals surface area contributed by atoms with Crippen molar-refractivity contribution in [3.63, 3.8) is 0 Å². The number of carbonyl (C=O) groups is 5. The average Bonchev–Trinajstić information content (AvgIpc) is 1.64. The summed E-state index contributed by atoms with van der Waals surface area (Å²) in [6.07, 6.45) is -1.09. The largest absolute Gasteiger partial charge is 0.486 e. The molecule has 9 aliphatic heterocycles. The van der Waals surface area contributed by atoms with Crippen molar-refractivity contribution in [1.29, 1.82) is 0 Å². The molecular formula is C82H97Cl4N9O20S3. The summed E-state index contributed by atoms with van der Waals surface area (Å²) >= 11 is 18.3. The highest BCUT2D eigenvalue weighted by Gasteiger charge is 2.43. The summed E-state index contributed by atoms with van der Waals surface area (Å²) < 4.78 is 127. The molecule has 3 atom stereocenters. The number of nitrogens with zero attached hydrogens (tertiary/aromatic N) is 7. The van der Waals surface area contributed by atoms with Crippen LogP contribution in [0.2, 0.25) is 15.1 Å². The number of hydrogen-bond acceptors (Lipinski definition) is 21. The van der Waals surface area contributed by atoms with Gasteiger partial charge in [-0.2, -0.15) is 12.9 Å². The first-order valence-electron chi connectivity index (χ1n) is 38.0. The van der Waals surface area contributed by atoms with Gasteiger partial charge in [-0.25, -0.2) is 34.8 Å². The van der Waals surface area contributed by atoms with E-state index in [-0.39, 0.29) is 84.1 Å². The van der Waals surface area contributed by atoms with Crippen LogP contribution in [0.25, 0.3) is 0 Å². The van der Waals surface area contributed by atoms with E-state index in [0.717, 1.165) is 40.9 Å². The maximum atomic E-state index is 13.9. The van der Waals surface area contributed by atoms with Crippen LogP contribution in [0.1, 0.15) is 76.0 Å². The molecule has 0 aromatic heterocycles. The Morgan fingerprint density at radius 3 is 1.05 bits per heavy atom. The number of fused-ring (bicyclic) bond motifs is 3. The Bertz CT molecular complexity index is 5200. The number of aliphatic carboxylic acids is 1. The lowest BCUT2D eigenvalue weighted by Gasteiger charge is -2.30. The number of carbonyl (C=O) groups excluding carboxylic acids is 4. The molecule has 0 bridgehead atoms. The number of carboxylic acid groups (broad SMARTS) is 1. The van der Waals surface area contributed by atoms with Gasteiger partial charge < -0.3 is 73.2 Å². The third-order valence-corrected chi connectivity index (χ3v) is 26.4. The van der Waals surface area contributed by atoms with Gasteiger partial charge in [0.15, 0.2) is 34.5 Å². The van der Waals surface area contributed by atoms with Crippen molar-refractivity contribution in [3.8, 4) is 34.5 Å². The Hall–Kier alpha value is -8.90. The smallest absolute Gasteiger partial charge is 0.410 e. The number of ether oxygens (including phenoxy) is 8. The average molecular weight is 1770 g/mol. The van der Waals surface area contributed by atoms with Gasteiger partial charge in [0, 0.05) is 146 Å². The van der Waals surface area contributed by atoms with Gasteiger partial charge in [-0.05, 0) is 172 Å².